The van der Waals surface area contributed by atoms with Gasteiger partial charge in [-0.25, -0.2) is 0 Å². The van der Waals surface area contributed by atoms with Crippen molar-refractivity contribution in [1.82, 2.24) is 9.97 Å². The number of aryl methyl sites for hydroxylation is 2. The highest BCUT2D eigenvalue weighted by atomic mass is 79.9. The standard InChI is InChI=1S/C18H17BrN2/c1-10-7-13(8-11(2)20-10)18-17(12-3-4-12)15-6-5-14(19)9-16(15)21-18/h5-9,12,21H,3-4H2,1-2H3. The number of nitrogens with one attached hydrogen (secondary N) is 1. The Balaban J connectivity index is 2.00. The maximum absolute atomic E-state index is 4.50. The number of fused-ring (bicyclic) bond motifs is 1. The van der Waals surface area contributed by atoms with Crippen molar-refractivity contribution in [2.45, 2.75) is 32.6 Å². The largest absolute Gasteiger partial charge is 0.354 e. The molecule has 3 heteroatoms. The fourth-order valence-electron chi connectivity index (χ4n) is 3.19. The Morgan fingerprint density at radius 2 is 1.81 bits per heavy atom. The highest BCUT2D eigenvalue weighted by Gasteiger charge is 2.30. The molecule has 2 nitrogen and oxygen atoms in total. The van der Waals surface area contributed by atoms with Crippen molar-refractivity contribution < 1.29 is 0 Å². The SMILES string of the molecule is Cc1cc(-c2[nH]c3cc(Br)ccc3c2C2CC2)cc(C)n1. The van der Waals surface area contributed by atoms with Gasteiger partial charge in [0.1, 0.15) is 0 Å². The molecule has 106 valence electrons. The smallest absolute Gasteiger partial charge is 0.0501 e. The zero-order valence-corrected chi connectivity index (χ0v) is 13.8. The minimum absolute atomic E-state index is 0.712. The van der Waals surface area contributed by atoms with E-state index in [2.05, 4.69) is 70.1 Å². The van der Waals surface area contributed by atoms with E-state index in [0.717, 1.165) is 15.9 Å². The molecule has 21 heavy (non-hydrogen) atoms. The van der Waals surface area contributed by atoms with E-state index in [1.165, 1.54) is 40.6 Å². The first kappa shape index (κ1) is 13.1. The van der Waals surface area contributed by atoms with Crippen molar-refractivity contribution in [3.8, 4) is 11.3 Å². The molecule has 1 aliphatic carbocycles. The normalized spacial score (nSPS) is 14.8. The first-order valence-electron chi connectivity index (χ1n) is 7.38. The van der Waals surface area contributed by atoms with Gasteiger partial charge in [0, 0.05) is 32.3 Å². The second-order valence-electron chi connectivity index (χ2n) is 6.02. The summed E-state index contributed by atoms with van der Waals surface area (Å²) in [6.45, 7) is 4.12. The molecule has 0 radical (unpaired) electrons. The average Bonchev–Trinajstić information content (AvgIpc) is 3.18. The van der Waals surface area contributed by atoms with Gasteiger partial charge >= 0.3 is 0 Å². The molecule has 1 aromatic carbocycles. The number of hydrogen-bond acceptors (Lipinski definition) is 1. The zero-order chi connectivity index (χ0) is 14.6. The molecule has 0 amide bonds. The Labute approximate surface area is 132 Å². The fraction of sp³-hybridized carbons (Fsp3) is 0.278. The van der Waals surface area contributed by atoms with Crippen molar-refractivity contribution in [2.75, 3.05) is 0 Å². The Hall–Kier alpha value is -1.61. The fourth-order valence-corrected chi connectivity index (χ4v) is 3.56. The molecule has 0 bridgehead atoms. The summed E-state index contributed by atoms with van der Waals surface area (Å²) < 4.78 is 1.12. The molecule has 1 saturated carbocycles. The van der Waals surface area contributed by atoms with E-state index < -0.39 is 0 Å². The maximum atomic E-state index is 4.50. The van der Waals surface area contributed by atoms with E-state index in [4.69, 9.17) is 0 Å². The van der Waals surface area contributed by atoms with Gasteiger partial charge in [0.15, 0.2) is 0 Å². The Kier molecular flexibility index (Phi) is 2.93. The van der Waals surface area contributed by atoms with Crippen LogP contribution in [0.15, 0.2) is 34.8 Å². The lowest BCUT2D eigenvalue weighted by atomic mass is 10.0. The van der Waals surface area contributed by atoms with Crippen LogP contribution in [0.4, 0.5) is 0 Å². The summed E-state index contributed by atoms with van der Waals surface area (Å²) in [5.74, 6) is 0.712. The second-order valence-corrected chi connectivity index (χ2v) is 6.93. The van der Waals surface area contributed by atoms with Crippen LogP contribution in [0.3, 0.4) is 0 Å². The van der Waals surface area contributed by atoms with Crippen LogP contribution in [0.1, 0.15) is 35.7 Å². The van der Waals surface area contributed by atoms with E-state index in [0.29, 0.717) is 5.92 Å². The second kappa shape index (κ2) is 4.70. The van der Waals surface area contributed by atoms with Crippen LogP contribution in [0.25, 0.3) is 22.2 Å². The van der Waals surface area contributed by atoms with E-state index in [9.17, 15) is 0 Å². The van der Waals surface area contributed by atoms with Crippen molar-refractivity contribution in [2.24, 2.45) is 0 Å². The number of aromatic amines is 1. The molecule has 3 aromatic rings. The van der Waals surface area contributed by atoms with Crippen LogP contribution >= 0.6 is 15.9 Å². The Morgan fingerprint density at radius 3 is 2.48 bits per heavy atom. The summed E-state index contributed by atoms with van der Waals surface area (Å²) in [6.07, 6.45) is 2.61. The molecule has 0 saturated heterocycles. The van der Waals surface area contributed by atoms with E-state index >= 15 is 0 Å². The van der Waals surface area contributed by atoms with Gasteiger partial charge in [-0.2, -0.15) is 0 Å². The summed E-state index contributed by atoms with van der Waals surface area (Å²) >= 11 is 3.57. The summed E-state index contributed by atoms with van der Waals surface area (Å²) in [6, 6.07) is 10.9. The summed E-state index contributed by atoms with van der Waals surface area (Å²) in [5.41, 5.74) is 7.39. The zero-order valence-electron chi connectivity index (χ0n) is 12.2. The average molecular weight is 341 g/mol. The molecule has 0 unspecified atom stereocenters. The first-order chi connectivity index (χ1) is 10.1. The number of benzene rings is 1. The summed E-state index contributed by atoms with van der Waals surface area (Å²) in [4.78, 5) is 8.14. The van der Waals surface area contributed by atoms with Gasteiger partial charge in [-0.3, -0.25) is 4.98 Å². The van der Waals surface area contributed by atoms with Gasteiger partial charge in [-0.1, -0.05) is 22.0 Å². The number of halogens is 1. The lowest BCUT2D eigenvalue weighted by Crippen LogP contribution is -1.90. The molecule has 0 aliphatic heterocycles. The third-order valence-electron chi connectivity index (χ3n) is 4.16. The third kappa shape index (κ3) is 2.30. The third-order valence-corrected chi connectivity index (χ3v) is 4.65. The van der Waals surface area contributed by atoms with Crippen molar-refractivity contribution >= 4 is 26.8 Å². The molecule has 1 aliphatic rings. The first-order valence-corrected chi connectivity index (χ1v) is 8.18. The van der Waals surface area contributed by atoms with Gasteiger partial charge in [-0.15, -0.1) is 0 Å². The van der Waals surface area contributed by atoms with E-state index in [1.807, 2.05) is 0 Å². The predicted octanol–water partition coefficient (Wildman–Crippen LogP) is 5.49. The summed E-state index contributed by atoms with van der Waals surface area (Å²) in [5, 5.41) is 1.36. The molecule has 2 heterocycles. The van der Waals surface area contributed by atoms with Crippen LogP contribution < -0.4 is 0 Å². The number of rotatable bonds is 2. The Bertz CT molecular complexity index is 824. The molecule has 0 atom stereocenters. The topological polar surface area (TPSA) is 28.7 Å². The van der Waals surface area contributed by atoms with Gasteiger partial charge in [0.25, 0.3) is 0 Å². The summed E-state index contributed by atoms with van der Waals surface area (Å²) in [7, 11) is 0. The highest BCUT2D eigenvalue weighted by molar-refractivity contribution is 9.10. The number of aromatic nitrogens is 2. The van der Waals surface area contributed by atoms with Crippen molar-refractivity contribution in [3.63, 3.8) is 0 Å². The molecule has 1 N–H and O–H groups in total. The van der Waals surface area contributed by atoms with Crippen LogP contribution in [0, 0.1) is 13.8 Å². The number of hydrogen-bond donors (Lipinski definition) is 1. The van der Waals surface area contributed by atoms with Crippen molar-refractivity contribution in [1.29, 1.82) is 0 Å². The van der Waals surface area contributed by atoms with Crippen LogP contribution in [-0.2, 0) is 0 Å². The van der Waals surface area contributed by atoms with Crippen LogP contribution in [0.5, 0.6) is 0 Å². The molecular weight excluding hydrogens is 324 g/mol. The van der Waals surface area contributed by atoms with Crippen molar-refractivity contribution in [3.05, 3.63) is 51.8 Å². The lowest BCUT2D eigenvalue weighted by molar-refractivity contribution is 1.11. The van der Waals surface area contributed by atoms with E-state index in [1.54, 1.807) is 0 Å². The van der Waals surface area contributed by atoms with Gasteiger partial charge < -0.3 is 4.98 Å². The van der Waals surface area contributed by atoms with E-state index in [-0.39, 0.29) is 0 Å². The molecular formula is C18H17BrN2. The van der Waals surface area contributed by atoms with Crippen LogP contribution in [-0.4, -0.2) is 9.97 Å². The Morgan fingerprint density at radius 1 is 1.10 bits per heavy atom. The number of pyridine rings is 1. The minimum atomic E-state index is 0.712. The monoisotopic (exact) mass is 340 g/mol. The lowest BCUT2D eigenvalue weighted by Gasteiger charge is -2.06. The number of H-pyrrole nitrogens is 1. The molecule has 0 spiro atoms. The van der Waals surface area contributed by atoms with Gasteiger partial charge in [0.2, 0.25) is 0 Å². The minimum Gasteiger partial charge on any atom is -0.354 e. The maximum Gasteiger partial charge on any atom is 0.0501 e. The number of nitrogens with zero attached hydrogens (tertiary/aromatic N) is 1. The van der Waals surface area contributed by atoms with Gasteiger partial charge in [-0.05, 0) is 62.4 Å². The molecule has 1 fully saturated rings. The highest BCUT2D eigenvalue weighted by Crippen LogP contribution is 2.48. The predicted molar refractivity (Wildman–Crippen MR) is 90.7 cm³/mol. The molecule has 4 rings (SSSR count). The van der Waals surface area contributed by atoms with Gasteiger partial charge in [0.05, 0.1) is 5.69 Å². The quantitative estimate of drug-likeness (QED) is 0.656. The molecule has 2 aromatic heterocycles. The van der Waals surface area contributed by atoms with Crippen LogP contribution in [0.2, 0.25) is 0 Å².